The molecule has 0 amide bonds. The van der Waals surface area contributed by atoms with Gasteiger partial charge in [-0.25, -0.2) is 0 Å². The third-order valence-electron chi connectivity index (χ3n) is 3.97. The minimum Gasteiger partial charge on any atom is -0.515 e. The lowest BCUT2D eigenvalue weighted by molar-refractivity contribution is 0.538. The zero-order chi connectivity index (χ0) is 17.6. The first-order valence-corrected chi connectivity index (χ1v) is 6.85. The third-order valence-corrected chi connectivity index (χ3v) is 3.97. The first-order chi connectivity index (χ1) is 11.5. The normalized spacial score (nSPS) is 13.0. The molecular weight excluding hydrogens is 312 g/mol. The number of aliphatic hydroxyl groups excluding tert-OH is 2. The Kier molecular flexibility index (Phi) is 3.38. The predicted octanol–water partition coefficient (Wildman–Crippen LogP) is -1.31. The van der Waals surface area contributed by atoms with Crippen LogP contribution in [-0.4, -0.2) is 10.2 Å². The van der Waals surface area contributed by atoms with Crippen molar-refractivity contribution < 1.29 is 10.2 Å². The van der Waals surface area contributed by atoms with Gasteiger partial charge in [0.2, 0.25) is 0 Å². The van der Waals surface area contributed by atoms with Crippen LogP contribution in [0.3, 0.4) is 0 Å². The Morgan fingerprint density at radius 2 is 1.38 bits per heavy atom. The summed E-state index contributed by atoms with van der Waals surface area (Å²) in [5.74, 6) is 0. The monoisotopic (exact) mass is 322 g/mol. The Balaban J connectivity index is 3.02. The van der Waals surface area contributed by atoms with Crippen LogP contribution in [0, 0.1) is 20.9 Å². The summed E-state index contributed by atoms with van der Waals surface area (Å²) in [6.07, 6.45) is 2.16. The highest BCUT2D eigenvalue weighted by molar-refractivity contribution is 5.48. The molecule has 0 aromatic rings. The molecule has 0 atom stereocenters. The van der Waals surface area contributed by atoms with Crippen molar-refractivity contribution in [3.8, 4) is 0 Å². The summed E-state index contributed by atoms with van der Waals surface area (Å²) in [7, 11) is 0. The zero-order valence-corrected chi connectivity index (χ0v) is 12.2. The van der Waals surface area contributed by atoms with Gasteiger partial charge in [0.25, 0.3) is 0 Å². The van der Waals surface area contributed by atoms with Crippen LogP contribution < -0.4 is 32.2 Å². The highest BCUT2D eigenvalue weighted by Crippen LogP contribution is 1.94. The largest absolute Gasteiger partial charge is 0.515 e. The minimum absolute atomic E-state index is 0.0338. The topological polar surface area (TPSA) is 109 Å². The molecule has 0 aromatic heterocycles. The van der Waals surface area contributed by atoms with Gasteiger partial charge in [0.05, 0.1) is 23.0 Å². The Morgan fingerprint density at radius 1 is 0.792 bits per heavy atom. The maximum Gasteiger partial charge on any atom is 0.196 e. The quantitative estimate of drug-likeness (QED) is 0.576. The molecule has 0 bridgehead atoms. The van der Waals surface area contributed by atoms with E-state index in [0.717, 1.165) is 6.07 Å². The van der Waals surface area contributed by atoms with Gasteiger partial charge in [-0.15, -0.1) is 0 Å². The molecule has 24 heavy (non-hydrogen) atoms. The fourth-order valence-corrected chi connectivity index (χ4v) is 2.84. The predicted molar refractivity (Wildman–Crippen MR) is 88.0 cm³/mol. The van der Waals surface area contributed by atoms with Crippen LogP contribution >= 0.6 is 0 Å². The van der Waals surface area contributed by atoms with E-state index in [4.69, 9.17) is 0 Å². The van der Waals surface area contributed by atoms with Gasteiger partial charge >= 0.3 is 0 Å². The second-order valence-electron chi connectivity index (χ2n) is 5.15. The van der Waals surface area contributed by atoms with E-state index in [0.29, 0.717) is 12.5 Å². The molecule has 0 radical (unpaired) electrons. The smallest absolute Gasteiger partial charge is 0.196 e. The van der Waals surface area contributed by atoms with Crippen molar-refractivity contribution in [1.82, 2.24) is 0 Å². The molecule has 3 aliphatic carbocycles. The van der Waals surface area contributed by atoms with Crippen LogP contribution in [0.2, 0.25) is 0 Å². The second kappa shape index (κ2) is 5.27. The van der Waals surface area contributed by atoms with E-state index in [1.165, 1.54) is 18.2 Å². The van der Waals surface area contributed by atoms with Gasteiger partial charge < -0.3 is 10.2 Å². The van der Waals surface area contributed by atoms with Crippen molar-refractivity contribution in [3.05, 3.63) is 103 Å². The van der Waals surface area contributed by atoms with E-state index in [1.54, 1.807) is 0 Å². The van der Waals surface area contributed by atoms with Gasteiger partial charge in [-0.2, -0.15) is 0 Å². The summed E-state index contributed by atoms with van der Waals surface area (Å²) in [5.41, 5.74) is -2.59. The molecule has 3 aliphatic rings. The Hall–Kier alpha value is -3.54. The fraction of sp³-hybridized carbons (Fsp3) is 0. The Morgan fingerprint density at radius 3 is 1.96 bits per heavy atom. The van der Waals surface area contributed by atoms with Gasteiger partial charge in [-0.3, -0.25) is 19.2 Å². The number of rotatable bonds is 1. The molecule has 3 rings (SSSR count). The lowest BCUT2D eigenvalue weighted by Crippen LogP contribution is -2.38. The molecule has 2 N–H and O–H groups in total. The average Bonchev–Trinajstić information content (AvgIpc) is 2.58. The van der Waals surface area contributed by atoms with E-state index in [9.17, 15) is 29.4 Å². The van der Waals surface area contributed by atoms with E-state index in [-0.39, 0.29) is 36.9 Å². The summed E-state index contributed by atoms with van der Waals surface area (Å²) < 4.78 is 0. The molecule has 0 unspecified atom stereocenters. The standard InChI is InChI=1S/C18H10O6/c1-2-8-5-10-15(12(7-20)16(8)22)17(23)9-3-4-13(21)11(6-19)14(9)18(10)24/h2-7,19-20H,1H2. The average molecular weight is 322 g/mol. The minimum atomic E-state index is -0.691. The summed E-state index contributed by atoms with van der Waals surface area (Å²) in [4.78, 5) is 49.5. The molecule has 0 spiro atoms. The van der Waals surface area contributed by atoms with Crippen LogP contribution in [-0.2, 0) is 0 Å². The number of hydrogen-bond acceptors (Lipinski definition) is 6. The summed E-state index contributed by atoms with van der Waals surface area (Å²) >= 11 is 0. The molecule has 118 valence electrons. The highest BCUT2D eigenvalue weighted by Gasteiger charge is 2.12. The van der Waals surface area contributed by atoms with Gasteiger partial charge in [0, 0.05) is 26.4 Å². The summed E-state index contributed by atoms with van der Waals surface area (Å²) in [5, 5.41) is 17.3. The van der Waals surface area contributed by atoms with E-state index in [1.807, 2.05) is 0 Å². The molecule has 0 saturated carbocycles. The Labute approximate surface area is 132 Å². The van der Waals surface area contributed by atoms with Crippen molar-refractivity contribution in [2.24, 2.45) is 0 Å². The molecule has 0 aliphatic heterocycles. The van der Waals surface area contributed by atoms with Crippen molar-refractivity contribution in [2.75, 3.05) is 0 Å². The van der Waals surface area contributed by atoms with Crippen molar-refractivity contribution >= 4 is 18.6 Å². The van der Waals surface area contributed by atoms with Crippen LogP contribution in [0.5, 0.6) is 0 Å². The molecule has 6 nitrogen and oxygen atoms in total. The first-order valence-electron chi connectivity index (χ1n) is 6.85. The van der Waals surface area contributed by atoms with Crippen molar-refractivity contribution in [2.45, 2.75) is 0 Å². The van der Waals surface area contributed by atoms with Crippen molar-refractivity contribution in [1.29, 1.82) is 0 Å². The van der Waals surface area contributed by atoms with E-state index >= 15 is 0 Å². The van der Waals surface area contributed by atoms with Crippen LogP contribution in [0.1, 0.15) is 5.56 Å². The molecule has 6 heteroatoms. The highest BCUT2D eigenvalue weighted by atomic mass is 16.2. The lowest BCUT2D eigenvalue weighted by Gasteiger charge is -1.99. The van der Waals surface area contributed by atoms with Crippen LogP contribution in [0.15, 0.2) is 44.0 Å². The van der Waals surface area contributed by atoms with Gasteiger partial charge in [-0.1, -0.05) is 12.7 Å². The summed E-state index contributed by atoms with van der Waals surface area (Å²) in [6.45, 7) is 3.46. The molecule has 0 aromatic carbocycles. The molecular formula is C18H10O6. The zero-order valence-electron chi connectivity index (χ0n) is 12.2. The van der Waals surface area contributed by atoms with Crippen molar-refractivity contribution in [3.63, 3.8) is 0 Å². The maximum atomic E-state index is 12.8. The van der Waals surface area contributed by atoms with Gasteiger partial charge in [0.15, 0.2) is 21.7 Å². The van der Waals surface area contributed by atoms with Crippen LogP contribution in [0.4, 0.5) is 0 Å². The number of hydrogen-bond donors (Lipinski definition) is 2. The van der Waals surface area contributed by atoms with E-state index in [2.05, 4.69) is 6.58 Å². The molecule has 0 heterocycles. The third kappa shape index (κ3) is 1.83. The fourth-order valence-electron chi connectivity index (χ4n) is 2.84. The van der Waals surface area contributed by atoms with E-state index < -0.39 is 21.7 Å². The molecule has 0 saturated heterocycles. The van der Waals surface area contributed by atoms with Gasteiger partial charge in [-0.05, 0) is 18.2 Å². The molecule has 0 fully saturated rings. The second-order valence-corrected chi connectivity index (χ2v) is 5.15. The first kappa shape index (κ1) is 15.4. The summed E-state index contributed by atoms with van der Waals surface area (Å²) in [6, 6.07) is 3.41. The maximum absolute atomic E-state index is 12.8. The van der Waals surface area contributed by atoms with Crippen LogP contribution in [0.25, 0.3) is 18.6 Å². The lowest BCUT2D eigenvalue weighted by atomic mass is 10.0. The number of aliphatic hydroxyl groups is 2. The SMILES string of the molecule is C=Cc1cc2c(=O)c3c(=CO)c(=O)ccc=3c(=O)c=2c(=CO)c1=O. The van der Waals surface area contributed by atoms with Gasteiger partial charge in [0.1, 0.15) is 0 Å². The Bertz CT molecular complexity index is 1460.